The van der Waals surface area contributed by atoms with Crippen molar-refractivity contribution in [2.45, 2.75) is 77.0 Å². The van der Waals surface area contributed by atoms with Gasteiger partial charge in [0.15, 0.2) is 0 Å². The van der Waals surface area contributed by atoms with E-state index >= 15 is 0 Å². The minimum atomic E-state index is 1.18. The number of benzene rings is 2. The van der Waals surface area contributed by atoms with Crippen LogP contribution in [0.3, 0.4) is 0 Å². The third-order valence-electron chi connectivity index (χ3n) is 5.53. The van der Waals surface area contributed by atoms with Gasteiger partial charge in [0.05, 0.1) is 0 Å². The second-order valence-electron chi connectivity index (χ2n) is 7.56. The lowest BCUT2D eigenvalue weighted by atomic mass is 9.86. The van der Waals surface area contributed by atoms with Crippen LogP contribution in [0.2, 0.25) is 0 Å². The third-order valence-corrected chi connectivity index (χ3v) is 6.06. The Morgan fingerprint density at radius 3 is 1.64 bits per heavy atom. The molecule has 0 aromatic heterocycles. The molecule has 1 aliphatic rings. The van der Waals surface area contributed by atoms with Gasteiger partial charge in [0.2, 0.25) is 0 Å². The van der Waals surface area contributed by atoms with Gasteiger partial charge in [-0.2, -0.15) is 0 Å². The van der Waals surface area contributed by atoms with Crippen LogP contribution < -0.4 is 0 Å². The SMILES string of the molecule is Brc1ccc(CCCCCCCCCCc2ccc3c(c2)CC3)cc1. The molecule has 0 atom stereocenters. The molecule has 0 fully saturated rings. The molecule has 1 heteroatoms. The molecule has 0 saturated carbocycles. The van der Waals surface area contributed by atoms with Gasteiger partial charge in [-0.05, 0) is 72.9 Å². The van der Waals surface area contributed by atoms with Crippen LogP contribution in [-0.2, 0) is 25.7 Å². The maximum atomic E-state index is 3.50. The lowest BCUT2D eigenvalue weighted by Crippen LogP contribution is -2.08. The summed E-state index contributed by atoms with van der Waals surface area (Å²) >= 11 is 3.50. The van der Waals surface area contributed by atoms with Crippen molar-refractivity contribution in [1.82, 2.24) is 0 Å². The number of unbranched alkanes of at least 4 members (excludes halogenated alkanes) is 7. The Kier molecular flexibility index (Phi) is 7.60. The summed E-state index contributed by atoms with van der Waals surface area (Å²) in [5.41, 5.74) is 6.23. The molecule has 0 nitrogen and oxygen atoms in total. The maximum Gasteiger partial charge on any atom is 0.0175 e. The molecule has 0 spiro atoms. The standard InChI is InChI=1S/C24H31Br/c25-24-17-12-20(13-18-24)9-7-5-3-1-2-4-6-8-10-21-11-14-22-15-16-23(22)19-21/h11-14,17-19H,1-10,15-16H2. The van der Waals surface area contributed by atoms with Gasteiger partial charge in [0.1, 0.15) is 0 Å². The van der Waals surface area contributed by atoms with Crippen LogP contribution in [0.4, 0.5) is 0 Å². The molecule has 0 heterocycles. The summed E-state index contributed by atoms with van der Waals surface area (Å²) in [7, 11) is 0. The summed E-state index contributed by atoms with van der Waals surface area (Å²) in [6.07, 6.45) is 16.3. The highest BCUT2D eigenvalue weighted by Crippen LogP contribution is 2.24. The first-order chi connectivity index (χ1) is 12.3. The molecule has 3 rings (SSSR count). The summed E-state index contributed by atoms with van der Waals surface area (Å²) in [6, 6.07) is 15.9. The average molecular weight is 399 g/mol. The summed E-state index contributed by atoms with van der Waals surface area (Å²) in [4.78, 5) is 0. The smallest absolute Gasteiger partial charge is 0.0175 e. The monoisotopic (exact) mass is 398 g/mol. The molecule has 25 heavy (non-hydrogen) atoms. The highest BCUT2D eigenvalue weighted by molar-refractivity contribution is 9.10. The van der Waals surface area contributed by atoms with Gasteiger partial charge in [0, 0.05) is 4.47 Å². The van der Waals surface area contributed by atoms with Crippen LogP contribution in [0, 0.1) is 0 Å². The van der Waals surface area contributed by atoms with Gasteiger partial charge in [-0.1, -0.05) is 84.8 Å². The third kappa shape index (κ3) is 6.29. The van der Waals surface area contributed by atoms with Crippen molar-refractivity contribution >= 4 is 15.9 Å². The van der Waals surface area contributed by atoms with Gasteiger partial charge < -0.3 is 0 Å². The van der Waals surface area contributed by atoms with E-state index in [-0.39, 0.29) is 0 Å². The molecule has 0 N–H and O–H groups in total. The van der Waals surface area contributed by atoms with E-state index in [4.69, 9.17) is 0 Å². The molecule has 2 aromatic carbocycles. The first kappa shape index (κ1) is 18.7. The second kappa shape index (κ2) is 10.2. The summed E-state index contributed by atoms with van der Waals surface area (Å²) in [5.74, 6) is 0. The number of hydrogen-bond acceptors (Lipinski definition) is 0. The molecule has 134 valence electrons. The van der Waals surface area contributed by atoms with Crippen molar-refractivity contribution in [3.05, 3.63) is 69.2 Å². The Labute approximate surface area is 162 Å². The van der Waals surface area contributed by atoms with Gasteiger partial charge in [-0.3, -0.25) is 0 Å². The van der Waals surface area contributed by atoms with Crippen LogP contribution in [0.25, 0.3) is 0 Å². The number of rotatable bonds is 11. The van der Waals surface area contributed by atoms with Gasteiger partial charge in [-0.15, -0.1) is 0 Å². The Morgan fingerprint density at radius 2 is 1.08 bits per heavy atom. The summed E-state index contributed by atoms with van der Waals surface area (Å²) in [6.45, 7) is 0. The Hall–Kier alpha value is -1.08. The van der Waals surface area contributed by atoms with Crippen LogP contribution in [0.15, 0.2) is 46.9 Å². The maximum absolute atomic E-state index is 3.50. The average Bonchev–Trinajstić information content (AvgIpc) is 2.60. The lowest BCUT2D eigenvalue weighted by Gasteiger charge is -2.19. The highest BCUT2D eigenvalue weighted by atomic mass is 79.9. The Morgan fingerprint density at radius 1 is 0.560 bits per heavy atom. The van der Waals surface area contributed by atoms with E-state index in [9.17, 15) is 0 Å². The zero-order chi connectivity index (χ0) is 17.3. The molecule has 0 bridgehead atoms. The van der Waals surface area contributed by atoms with E-state index in [0.717, 1.165) is 0 Å². The minimum absolute atomic E-state index is 1.18. The molecule has 0 unspecified atom stereocenters. The van der Waals surface area contributed by atoms with E-state index in [2.05, 4.69) is 58.4 Å². The van der Waals surface area contributed by atoms with Crippen LogP contribution in [-0.4, -0.2) is 0 Å². The Balaban J connectivity index is 1.15. The van der Waals surface area contributed by atoms with E-state index in [1.807, 2.05) is 0 Å². The van der Waals surface area contributed by atoms with Crippen molar-refractivity contribution in [2.75, 3.05) is 0 Å². The van der Waals surface area contributed by atoms with E-state index in [0.29, 0.717) is 0 Å². The molecular weight excluding hydrogens is 368 g/mol. The normalized spacial score (nSPS) is 12.7. The molecule has 0 saturated heterocycles. The predicted molar refractivity (Wildman–Crippen MR) is 112 cm³/mol. The largest absolute Gasteiger partial charge is 0.0588 e. The first-order valence-corrected chi connectivity index (χ1v) is 11.0. The van der Waals surface area contributed by atoms with Gasteiger partial charge in [0.25, 0.3) is 0 Å². The van der Waals surface area contributed by atoms with Crippen LogP contribution in [0.5, 0.6) is 0 Å². The first-order valence-electron chi connectivity index (χ1n) is 10.2. The number of halogens is 1. The molecule has 0 radical (unpaired) electrons. The second-order valence-corrected chi connectivity index (χ2v) is 8.47. The van der Waals surface area contributed by atoms with Crippen molar-refractivity contribution in [1.29, 1.82) is 0 Å². The minimum Gasteiger partial charge on any atom is -0.0588 e. The zero-order valence-corrected chi connectivity index (χ0v) is 17.0. The highest BCUT2D eigenvalue weighted by Gasteiger charge is 2.12. The van der Waals surface area contributed by atoms with Crippen molar-refractivity contribution in [2.24, 2.45) is 0 Å². The fourth-order valence-corrected chi connectivity index (χ4v) is 4.04. The fourth-order valence-electron chi connectivity index (χ4n) is 3.77. The van der Waals surface area contributed by atoms with Gasteiger partial charge in [-0.25, -0.2) is 0 Å². The van der Waals surface area contributed by atoms with E-state index in [1.165, 1.54) is 87.1 Å². The quantitative estimate of drug-likeness (QED) is 0.344. The number of hydrogen-bond donors (Lipinski definition) is 0. The zero-order valence-electron chi connectivity index (χ0n) is 15.4. The molecule has 2 aromatic rings. The lowest BCUT2D eigenvalue weighted by molar-refractivity contribution is 0.567. The van der Waals surface area contributed by atoms with E-state index in [1.54, 1.807) is 16.7 Å². The molecular formula is C24H31Br. The van der Waals surface area contributed by atoms with Crippen molar-refractivity contribution in [3.63, 3.8) is 0 Å². The van der Waals surface area contributed by atoms with Gasteiger partial charge >= 0.3 is 0 Å². The number of aryl methyl sites for hydroxylation is 4. The number of fused-ring (bicyclic) bond motifs is 1. The molecule has 1 aliphatic carbocycles. The van der Waals surface area contributed by atoms with E-state index < -0.39 is 0 Å². The van der Waals surface area contributed by atoms with Crippen LogP contribution >= 0.6 is 15.9 Å². The van der Waals surface area contributed by atoms with Crippen LogP contribution in [0.1, 0.15) is 73.6 Å². The molecule has 0 aliphatic heterocycles. The summed E-state index contributed by atoms with van der Waals surface area (Å²) < 4.78 is 1.18. The summed E-state index contributed by atoms with van der Waals surface area (Å²) in [5, 5.41) is 0. The predicted octanol–water partition coefficient (Wildman–Crippen LogP) is 7.45. The van der Waals surface area contributed by atoms with Crippen molar-refractivity contribution in [3.8, 4) is 0 Å². The van der Waals surface area contributed by atoms with Crippen molar-refractivity contribution < 1.29 is 0 Å². The topological polar surface area (TPSA) is 0 Å². The molecule has 0 amide bonds. The Bertz CT molecular complexity index is 642. The fraction of sp³-hybridized carbons (Fsp3) is 0.500.